The van der Waals surface area contributed by atoms with Crippen LogP contribution in [-0.4, -0.2) is 21.4 Å². The average molecular weight is 440 g/mol. The second kappa shape index (κ2) is 8.70. The number of nitrogens with one attached hydrogen (secondary N) is 1. The first kappa shape index (κ1) is 20.6. The van der Waals surface area contributed by atoms with Gasteiger partial charge in [-0.05, 0) is 53.6 Å². The summed E-state index contributed by atoms with van der Waals surface area (Å²) in [5.41, 5.74) is 4.17. The lowest BCUT2D eigenvalue weighted by Gasteiger charge is -2.22. The zero-order chi connectivity index (χ0) is 22.8. The number of fused-ring (bicyclic) bond motifs is 2. The molecular weight excluding hydrogens is 419 g/mol. The zero-order valence-corrected chi connectivity index (χ0v) is 17.7. The van der Waals surface area contributed by atoms with Gasteiger partial charge < -0.3 is 14.8 Å². The normalized spacial score (nSPS) is 12.5. The molecule has 2 amide bonds. The third-order valence-electron chi connectivity index (χ3n) is 5.73. The lowest BCUT2D eigenvalue weighted by atomic mass is 10.1. The number of para-hydroxylation sites is 1. The Kier molecular flexibility index (Phi) is 5.44. The first-order valence-corrected chi connectivity index (χ1v) is 10.6. The van der Waals surface area contributed by atoms with Crippen LogP contribution in [0, 0.1) is 5.82 Å². The van der Waals surface area contributed by atoms with E-state index in [0.29, 0.717) is 18.8 Å². The number of carbonyl (C=O) groups excluding carboxylic acids is 2. The van der Waals surface area contributed by atoms with Gasteiger partial charge in [0.05, 0.1) is 13.1 Å². The van der Waals surface area contributed by atoms with Crippen LogP contribution >= 0.6 is 0 Å². The summed E-state index contributed by atoms with van der Waals surface area (Å²) < 4.78 is 15.7. The second-order valence-corrected chi connectivity index (χ2v) is 7.87. The predicted molar refractivity (Wildman–Crippen MR) is 122 cm³/mol. The highest BCUT2D eigenvalue weighted by Gasteiger charge is 2.27. The van der Waals surface area contributed by atoms with E-state index in [4.69, 9.17) is 0 Å². The fraction of sp³-hybridized carbons (Fsp3) is 0.115. The molecule has 0 atom stereocenters. The number of carbonyl (C=O) groups is 2. The molecule has 1 N–H and O–H groups in total. The summed E-state index contributed by atoms with van der Waals surface area (Å²) in [4.78, 5) is 32.0. The van der Waals surface area contributed by atoms with Gasteiger partial charge in [0.1, 0.15) is 11.5 Å². The van der Waals surface area contributed by atoms with E-state index in [0.717, 1.165) is 22.5 Å². The number of anilines is 1. The summed E-state index contributed by atoms with van der Waals surface area (Å²) in [5.74, 6) is -0.952. The van der Waals surface area contributed by atoms with Crippen molar-refractivity contribution in [2.75, 3.05) is 4.90 Å². The molecule has 1 aliphatic heterocycles. The van der Waals surface area contributed by atoms with Crippen molar-refractivity contribution in [1.29, 1.82) is 0 Å². The Morgan fingerprint density at radius 3 is 2.67 bits per heavy atom. The predicted octanol–water partition coefficient (Wildman–Crippen LogP) is 4.16. The molecule has 0 saturated carbocycles. The van der Waals surface area contributed by atoms with E-state index in [1.54, 1.807) is 29.4 Å². The van der Waals surface area contributed by atoms with Crippen LogP contribution in [0.1, 0.15) is 37.7 Å². The number of halogens is 1. The van der Waals surface area contributed by atoms with E-state index >= 15 is 0 Å². The SMILES string of the molecule is O=C(NCc1cccnc1)c1ccc2n1Cc1ccccc1N(C(=O)c1cccc(F)c1)C2. The van der Waals surface area contributed by atoms with Crippen molar-refractivity contribution >= 4 is 17.5 Å². The zero-order valence-electron chi connectivity index (χ0n) is 17.7. The molecule has 164 valence electrons. The number of benzene rings is 2. The van der Waals surface area contributed by atoms with Gasteiger partial charge in [-0.2, -0.15) is 0 Å². The summed E-state index contributed by atoms with van der Waals surface area (Å²) in [7, 11) is 0. The molecule has 6 nitrogen and oxygen atoms in total. The molecule has 5 rings (SSSR count). The maximum Gasteiger partial charge on any atom is 0.268 e. The van der Waals surface area contributed by atoms with E-state index in [1.165, 1.54) is 18.2 Å². The minimum Gasteiger partial charge on any atom is -0.347 e. The second-order valence-electron chi connectivity index (χ2n) is 7.87. The van der Waals surface area contributed by atoms with Gasteiger partial charge >= 0.3 is 0 Å². The molecule has 0 unspecified atom stereocenters. The van der Waals surface area contributed by atoms with Gasteiger partial charge in [-0.3, -0.25) is 14.6 Å². The highest BCUT2D eigenvalue weighted by molar-refractivity contribution is 6.06. The number of amides is 2. The quantitative estimate of drug-likeness (QED) is 0.518. The van der Waals surface area contributed by atoms with Crippen molar-refractivity contribution in [3.05, 3.63) is 119 Å². The maximum atomic E-state index is 13.8. The number of hydrogen-bond donors (Lipinski definition) is 1. The minimum absolute atomic E-state index is 0.201. The molecule has 0 fully saturated rings. The van der Waals surface area contributed by atoms with E-state index in [1.807, 2.05) is 47.0 Å². The monoisotopic (exact) mass is 440 g/mol. The van der Waals surface area contributed by atoms with Gasteiger partial charge in [0.2, 0.25) is 0 Å². The Morgan fingerprint density at radius 1 is 0.970 bits per heavy atom. The van der Waals surface area contributed by atoms with Crippen molar-refractivity contribution in [3.8, 4) is 0 Å². The molecule has 4 aromatic rings. The summed E-state index contributed by atoms with van der Waals surface area (Å²) in [5, 5.41) is 2.94. The third-order valence-corrected chi connectivity index (χ3v) is 5.73. The van der Waals surface area contributed by atoms with Crippen molar-refractivity contribution < 1.29 is 14.0 Å². The van der Waals surface area contributed by atoms with Gasteiger partial charge in [0, 0.05) is 35.9 Å². The molecule has 0 aliphatic carbocycles. The van der Waals surface area contributed by atoms with Crippen LogP contribution in [0.2, 0.25) is 0 Å². The molecule has 33 heavy (non-hydrogen) atoms. The van der Waals surface area contributed by atoms with E-state index in [2.05, 4.69) is 10.3 Å². The summed E-state index contributed by atoms with van der Waals surface area (Å²) >= 11 is 0. The van der Waals surface area contributed by atoms with Crippen LogP contribution in [0.4, 0.5) is 10.1 Å². The molecule has 0 saturated heterocycles. The Balaban J connectivity index is 1.46. The van der Waals surface area contributed by atoms with Crippen molar-refractivity contribution in [1.82, 2.24) is 14.9 Å². The first-order valence-electron chi connectivity index (χ1n) is 10.6. The number of aromatic nitrogens is 2. The molecule has 1 aliphatic rings. The van der Waals surface area contributed by atoms with E-state index in [-0.39, 0.29) is 23.9 Å². The summed E-state index contributed by atoms with van der Waals surface area (Å²) in [6, 6.07) is 20.6. The Bertz CT molecular complexity index is 1330. The lowest BCUT2D eigenvalue weighted by molar-refractivity contribution is 0.0941. The van der Waals surface area contributed by atoms with Crippen molar-refractivity contribution in [2.24, 2.45) is 0 Å². The largest absolute Gasteiger partial charge is 0.347 e. The van der Waals surface area contributed by atoms with Gasteiger partial charge in [0.25, 0.3) is 11.8 Å². The molecule has 7 heteroatoms. The van der Waals surface area contributed by atoms with Gasteiger partial charge in [-0.25, -0.2) is 4.39 Å². The van der Waals surface area contributed by atoms with Crippen LogP contribution in [0.5, 0.6) is 0 Å². The summed E-state index contributed by atoms with van der Waals surface area (Å²) in [6.45, 7) is 1.08. The van der Waals surface area contributed by atoms with Crippen LogP contribution < -0.4 is 10.2 Å². The number of nitrogens with zero attached hydrogens (tertiary/aromatic N) is 3. The van der Waals surface area contributed by atoms with Gasteiger partial charge in [-0.15, -0.1) is 0 Å². The van der Waals surface area contributed by atoms with Gasteiger partial charge in [0.15, 0.2) is 0 Å². The number of pyridine rings is 1. The average Bonchev–Trinajstić information content (AvgIpc) is 3.16. The minimum atomic E-state index is -0.458. The number of hydrogen-bond acceptors (Lipinski definition) is 3. The van der Waals surface area contributed by atoms with Crippen LogP contribution in [0.25, 0.3) is 0 Å². The molecule has 0 spiro atoms. The molecular formula is C26H21FN4O2. The standard InChI is InChI=1S/C26H21FN4O2/c27-21-8-3-7-19(13-21)26(33)31-17-22-10-11-24(25(32)29-15-18-5-4-12-28-14-18)30(22)16-20-6-1-2-9-23(20)31/h1-14H,15-17H2,(H,29,32). The highest BCUT2D eigenvalue weighted by Crippen LogP contribution is 2.30. The first-order chi connectivity index (χ1) is 16.1. The number of rotatable bonds is 4. The smallest absolute Gasteiger partial charge is 0.268 e. The Labute approximate surface area is 190 Å². The molecule has 2 aromatic heterocycles. The van der Waals surface area contributed by atoms with E-state index in [9.17, 15) is 14.0 Å². The maximum absolute atomic E-state index is 13.8. The van der Waals surface area contributed by atoms with E-state index < -0.39 is 5.82 Å². The highest BCUT2D eigenvalue weighted by atomic mass is 19.1. The molecule has 3 heterocycles. The topological polar surface area (TPSA) is 67.2 Å². The van der Waals surface area contributed by atoms with Crippen molar-refractivity contribution in [3.63, 3.8) is 0 Å². The third kappa shape index (κ3) is 4.13. The molecule has 2 aromatic carbocycles. The summed E-state index contributed by atoms with van der Waals surface area (Å²) in [6.07, 6.45) is 3.40. The molecule has 0 bridgehead atoms. The molecule has 0 radical (unpaired) electrons. The van der Waals surface area contributed by atoms with Gasteiger partial charge in [-0.1, -0.05) is 30.3 Å². The van der Waals surface area contributed by atoms with Crippen LogP contribution in [0.15, 0.2) is 85.2 Å². The van der Waals surface area contributed by atoms with Crippen LogP contribution in [0.3, 0.4) is 0 Å². The lowest BCUT2D eigenvalue weighted by Crippen LogP contribution is -2.30. The Morgan fingerprint density at radius 2 is 1.85 bits per heavy atom. The van der Waals surface area contributed by atoms with Crippen molar-refractivity contribution in [2.45, 2.75) is 19.6 Å². The fourth-order valence-electron chi connectivity index (χ4n) is 4.09. The fourth-order valence-corrected chi connectivity index (χ4v) is 4.09. The van der Waals surface area contributed by atoms with Crippen LogP contribution in [-0.2, 0) is 19.6 Å². The Hall–Kier alpha value is -4.26.